The second-order valence-corrected chi connectivity index (χ2v) is 6.82. The minimum Gasteiger partial charge on any atom is -0.343 e. The molecular weight excluding hydrogens is 236 g/mol. The lowest BCUT2D eigenvalue weighted by atomic mass is 9.66. The van der Waals surface area contributed by atoms with Gasteiger partial charge in [0.15, 0.2) is 0 Å². The van der Waals surface area contributed by atoms with Gasteiger partial charge in [-0.1, -0.05) is 19.8 Å². The van der Waals surface area contributed by atoms with Gasteiger partial charge in [0.2, 0.25) is 5.91 Å². The molecule has 0 atom stereocenters. The first-order valence-electron chi connectivity index (χ1n) is 8.06. The summed E-state index contributed by atoms with van der Waals surface area (Å²) in [6.45, 7) is 2.95. The third kappa shape index (κ3) is 3.31. The monoisotopic (exact) mass is 266 g/mol. The molecule has 0 unspecified atom stereocenters. The van der Waals surface area contributed by atoms with Crippen molar-refractivity contribution < 1.29 is 4.79 Å². The average molecular weight is 266 g/mol. The minimum absolute atomic E-state index is 0.145. The van der Waals surface area contributed by atoms with Crippen LogP contribution in [0.4, 0.5) is 0 Å². The van der Waals surface area contributed by atoms with E-state index in [1.165, 1.54) is 38.5 Å². The van der Waals surface area contributed by atoms with E-state index in [1.54, 1.807) is 0 Å². The average Bonchev–Trinajstić information content (AvgIpc) is 2.42. The van der Waals surface area contributed by atoms with E-state index in [-0.39, 0.29) is 5.41 Å². The smallest absolute Gasteiger partial charge is 0.223 e. The van der Waals surface area contributed by atoms with E-state index in [4.69, 9.17) is 5.73 Å². The number of carbonyl (C=O) groups is 1. The van der Waals surface area contributed by atoms with Crippen molar-refractivity contribution >= 4 is 5.91 Å². The molecule has 2 saturated carbocycles. The van der Waals surface area contributed by atoms with Gasteiger partial charge in [0, 0.05) is 19.5 Å². The van der Waals surface area contributed by atoms with Gasteiger partial charge in [-0.2, -0.15) is 0 Å². The van der Waals surface area contributed by atoms with E-state index >= 15 is 0 Å². The van der Waals surface area contributed by atoms with Crippen molar-refractivity contribution in [2.45, 2.75) is 70.8 Å². The Labute approximate surface area is 117 Å². The molecule has 0 aromatic heterocycles. The van der Waals surface area contributed by atoms with Crippen LogP contribution in [0, 0.1) is 11.3 Å². The van der Waals surface area contributed by atoms with E-state index < -0.39 is 0 Å². The maximum atomic E-state index is 12.4. The van der Waals surface area contributed by atoms with Crippen LogP contribution in [0.2, 0.25) is 0 Å². The van der Waals surface area contributed by atoms with E-state index in [9.17, 15) is 4.79 Å². The summed E-state index contributed by atoms with van der Waals surface area (Å²) in [6, 6.07) is 0.477. The number of carbonyl (C=O) groups excluding carboxylic acids is 1. The third-order valence-electron chi connectivity index (χ3n) is 5.71. The van der Waals surface area contributed by atoms with E-state index in [0.29, 0.717) is 24.9 Å². The van der Waals surface area contributed by atoms with Crippen molar-refractivity contribution in [1.29, 1.82) is 0 Å². The van der Waals surface area contributed by atoms with Gasteiger partial charge in [-0.25, -0.2) is 0 Å². The predicted octanol–water partition coefficient (Wildman–Crippen LogP) is 2.93. The Hall–Kier alpha value is -0.570. The van der Waals surface area contributed by atoms with E-state index in [2.05, 4.69) is 6.92 Å². The van der Waals surface area contributed by atoms with Crippen LogP contribution < -0.4 is 5.73 Å². The fourth-order valence-electron chi connectivity index (χ4n) is 3.72. The lowest BCUT2D eigenvalue weighted by Crippen LogP contribution is -2.45. The number of nitrogens with zero attached hydrogens (tertiary/aromatic N) is 1. The Bertz CT molecular complexity index is 298. The van der Waals surface area contributed by atoms with Crippen LogP contribution >= 0.6 is 0 Å². The molecule has 2 fully saturated rings. The zero-order valence-electron chi connectivity index (χ0n) is 12.7. The summed E-state index contributed by atoms with van der Waals surface area (Å²) < 4.78 is 0. The summed E-state index contributed by atoms with van der Waals surface area (Å²) >= 11 is 0. The molecule has 1 amide bonds. The number of hydrogen-bond acceptors (Lipinski definition) is 2. The second kappa shape index (κ2) is 6.25. The van der Waals surface area contributed by atoms with Crippen LogP contribution in [0.15, 0.2) is 0 Å². The van der Waals surface area contributed by atoms with Crippen LogP contribution in [0.3, 0.4) is 0 Å². The van der Waals surface area contributed by atoms with Crippen molar-refractivity contribution in [3.8, 4) is 0 Å². The Kier molecular flexibility index (Phi) is 4.88. The second-order valence-electron chi connectivity index (χ2n) is 6.82. The minimum atomic E-state index is 0.145. The largest absolute Gasteiger partial charge is 0.343 e. The third-order valence-corrected chi connectivity index (χ3v) is 5.71. The summed E-state index contributed by atoms with van der Waals surface area (Å²) in [6.07, 6.45) is 10.5. The fourth-order valence-corrected chi connectivity index (χ4v) is 3.72. The predicted molar refractivity (Wildman–Crippen MR) is 78.8 cm³/mol. The van der Waals surface area contributed by atoms with Crippen molar-refractivity contribution in [3.63, 3.8) is 0 Å². The van der Waals surface area contributed by atoms with Crippen molar-refractivity contribution in [3.05, 3.63) is 0 Å². The van der Waals surface area contributed by atoms with Crippen molar-refractivity contribution in [2.75, 3.05) is 13.6 Å². The summed E-state index contributed by atoms with van der Waals surface area (Å²) in [5, 5.41) is 0. The zero-order valence-corrected chi connectivity index (χ0v) is 12.7. The molecule has 2 aliphatic rings. The summed E-state index contributed by atoms with van der Waals surface area (Å²) in [5.74, 6) is 1.21. The first-order valence-corrected chi connectivity index (χ1v) is 8.06. The topological polar surface area (TPSA) is 46.3 Å². The number of hydrogen-bond donors (Lipinski definition) is 1. The van der Waals surface area contributed by atoms with Gasteiger partial charge in [-0.05, 0) is 56.4 Å². The molecule has 3 nitrogen and oxygen atoms in total. The molecule has 0 radical (unpaired) electrons. The van der Waals surface area contributed by atoms with E-state index in [1.807, 2.05) is 11.9 Å². The normalized spacial score (nSPS) is 29.6. The molecule has 110 valence electrons. The van der Waals surface area contributed by atoms with Crippen molar-refractivity contribution in [2.24, 2.45) is 17.1 Å². The molecule has 0 bridgehead atoms. The van der Waals surface area contributed by atoms with Gasteiger partial charge in [0.05, 0.1) is 0 Å². The molecule has 3 heteroatoms. The van der Waals surface area contributed by atoms with Crippen LogP contribution in [0.1, 0.15) is 64.7 Å². The maximum Gasteiger partial charge on any atom is 0.223 e. The van der Waals surface area contributed by atoms with E-state index in [0.717, 1.165) is 18.8 Å². The summed E-state index contributed by atoms with van der Waals surface area (Å²) in [7, 11) is 2.00. The highest BCUT2D eigenvalue weighted by Gasteiger charge is 2.39. The molecule has 2 rings (SSSR count). The quantitative estimate of drug-likeness (QED) is 0.831. The van der Waals surface area contributed by atoms with Gasteiger partial charge >= 0.3 is 0 Å². The molecule has 0 aromatic carbocycles. The van der Waals surface area contributed by atoms with Crippen LogP contribution in [-0.4, -0.2) is 30.4 Å². The number of nitrogens with two attached hydrogens (primary N) is 1. The van der Waals surface area contributed by atoms with Crippen LogP contribution in [0.5, 0.6) is 0 Å². The molecule has 0 aliphatic heterocycles. The molecule has 2 aliphatic carbocycles. The molecule has 0 aromatic rings. The lowest BCUT2D eigenvalue weighted by molar-refractivity contribution is -0.136. The molecule has 0 saturated heterocycles. The maximum absolute atomic E-state index is 12.4. The fraction of sp³-hybridized carbons (Fsp3) is 0.938. The summed E-state index contributed by atoms with van der Waals surface area (Å²) in [4.78, 5) is 14.5. The molecule has 2 N–H and O–H groups in total. The Balaban J connectivity index is 1.82. The Morgan fingerprint density at radius 1 is 1.26 bits per heavy atom. The van der Waals surface area contributed by atoms with Crippen LogP contribution in [0.25, 0.3) is 0 Å². The van der Waals surface area contributed by atoms with Gasteiger partial charge in [0.1, 0.15) is 0 Å². The Morgan fingerprint density at radius 2 is 1.89 bits per heavy atom. The highest BCUT2D eigenvalue weighted by molar-refractivity contribution is 5.77. The first-order chi connectivity index (χ1) is 9.10. The molecular formula is C16H30N2O. The Morgan fingerprint density at radius 3 is 2.32 bits per heavy atom. The molecule has 0 heterocycles. The van der Waals surface area contributed by atoms with Gasteiger partial charge < -0.3 is 10.6 Å². The zero-order chi connectivity index (χ0) is 13.9. The van der Waals surface area contributed by atoms with Gasteiger partial charge in [-0.15, -0.1) is 0 Å². The SMILES string of the molecule is CCC1CCC(N(C)C(=O)CC2(CN)CCC2)CC1. The van der Waals surface area contributed by atoms with Crippen molar-refractivity contribution in [1.82, 2.24) is 4.90 Å². The first kappa shape index (κ1) is 14.8. The standard InChI is InChI=1S/C16H30N2O/c1-3-13-5-7-14(8-6-13)18(2)15(19)11-16(12-17)9-4-10-16/h13-14H,3-12,17H2,1-2H3. The van der Waals surface area contributed by atoms with Crippen LogP contribution in [-0.2, 0) is 4.79 Å². The summed E-state index contributed by atoms with van der Waals surface area (Å²) in [5.41, 5.74) is 6.01. The highest BCUT2D eigenvalue weighted by Crippen LogP contribution is 2.43. The lowest BCUT2D eigenvalue weighted by Gasteiger charge is -2.42. The molecule has 19 heavy (non-hydrogen) atoms. The number of rotatable bonds is 5. The van der Waals surface area contributed by atoms with Gasteiger partial charge in [-0.3, -0.25) is 4.79 Å². The van der Waals surface area contributed by atoms with Gasteiger partial charge in [0.25, 0.3) is 0 Å². The molecule has 0 spiro atoms. The number of amides is 1. The highest BCUT2D eigenvalue weighted by atomic mass is 16.2.